The second-order valence-corrected chi connectivity index (χ2v) is 5.17. The van der Waals surface area contributed by atoms with E-state index in [1.165, 1.54) is 6.07 Å². The van der Waals surface area contributed by atoms with Crippen LogP contribution in [0.1, 0.15) is 27.3 Å². The molecule has 106 valence electrons. The van der Waals surface area contributed by atoms with Gasteiger partial charge in [0.15, 0.2) is 0 Å². The lowest BCUT2D eigenvalue weighted by atomic mass is 10.2. The summed E-state index contributed by atoms with van der Waals surface area (Å²) in [5, 5.41) is 7.46. The van der Waals surface area contributed by atoms with Crippen molar-refractivity contribution in [2.45, 2.75) is 20.4 Å². The highest BCUT2D eigenvalue weighted by Crippen LogP contribution is 2.17. The highest BCUT2D eigenvalue weighted by atomic mass is 35.5. The number of nitrogens with one attached hydrogen (secondary N) is 1. The molecule has 1 N–H and O–H groups in total. The van der Waals surface area contributed by atoms with Gasteiger partial charge < -0.3 is 5.32 Å². The lowest BCUT2D eigenvalue weighted by molar-refractivity contribution is 0.0950. The Morgan fingerprint density at radius 3 is 2.60 bits per heavy atom. The highest BCUT2D eigenvalue weighted by Gasteiger charge is 2.14. The van der Waals surface area contributed by atoms with Gasteiger partial charge in [-0.15, -0.1) is 0 Å². The van der Waals surface area contributed by atoms with E-state index in [9.17, 15) is 4.79 Å². The molecule has 0 aliphatic carbocycles. The van der Waals surface area contributed by atoms with Crippen LogP contribution in [0.4, 0.5) is 0 Å². The number of halogens is 2. The van der Waals surface area contributed by atoms with Crippen molar-refractivity contribution in [2.75, 3.05) is 0 Å². The van der Waals surface area contributed by atoms with E-state index in [0.717, 1.165) is 17.0 Å². The summed E-state index contributed by atoms with van der Waals surface area (Å²) in [6.07, 6.45) is 0. The van der Waals surface area contributed by atoms with Gasteiger partial charge >= 0.3 is 0 Å². The minimum absolute atomic E-state index is 0.0923. The van der Waals surface area contributed by atoms with Gasteiger partial charge in [-0.2, -0.15) is 5.10 Å². The molecule has 0 unspecified atom stereocenters. The Kier molecular flexibility index (Phi) is 4.30. The Hall–Kier alpha value is -1.59. The SMILES string of the molecule is Cc1nn(C)c(C)c1CNC(=O)c1ccc(Cl)nc1Cl. The van der Waals surface area contributed by atoms with Gasteiger partial charge in [-0.3, -0.25) is 9.48 Å². The number of aromatic nitrogens is 3. The zero-order chi connectivity index (χ0) is 14.9. The summed E-state index contributed by atoms with van der Waals surface area (Å²) in [6, 6.07) is 3.08. The van der Waals surface area contributed by atoms with Gasteiger partial charge in [0.2, 0.25) is 0 Å². The van der Waals surface area contributed by atoms with E-state index in [1.54, 1.807) is 10.7 Å². The maximum Gasteiger partial charge on any atom is 0.254 e. The van der Waals surface area contributed by atoms with Crippen molar-refractivity contribution in [1.82, 2.24) is 20.1 Å². The quantitative estimate of drug-likeness (QED) is 0.886. The largest absolute Gasteiger partial charge is 0.348 e. The van der Waals surface area contributed by atoms with E-state index < -0.39 is 0 Å². The summed E-state index contributed by atoms with van der Waals surface area (Å²) in [4.78, 5) is 15.9. The molecule has 1 amide bonds. The van der Waals surface area contributed by atoms with E-state index in [-0.39, 0.29) is 16.2 Å². The van der Waals surface area contributed by atoms with Crippen LogP contribution in [0, 0.1) is 13.8 Å². The Morgan fingerprint density at radius 2 is 2.05 bits per heavy atom. The van der Waals surface area contributed by atoms with Crippen LogP contribution in [0.5, 0.6) is 0 Å². The van der Waals surface area contributed by atoms with Crippen LogP contribution in [-0.4, -0.2) is 20.7 Å². The second kappa shape index (κ2) is 5.81. The molecule has 0 fully saturated rings. The molecule has 0 aliphatic heterocycles. The first-order valence-corrected chi connectivity index (χ1v) is 6.75. The van der Waals surface area contributed by atoms with Crippen LogP contribution in [0.15, 0.2) is 12.1 Å². The number of hydrogen-bond donors (Lipinski definition) is 1. The van der Waals surface area contributed by atoms with E-state index >= 15 is 0 Å². The molecule has 0 spiro atoms. The smallest absolute Gasteiger partial charge is 0.254 e. The third-order valence-electron chi connectivity index (χ3n) is 3.14. The number of pyridine rings is 1. The van der Waals surface area contributed by atoms with Gasteiger partial charge in [0.1, 0.15) is 10.3 Å². The van der Waals surface area contributed by atoms with Crippen molar-refractivity contribution in [3.05, 3.63) is 45.0 Å². The van der Waals surface area contributed by atoms with E-state index in [0.29, 0.717) is 12.1 Å². The minimum atomic E-state index is -0.290. The van der Waals surface area contributed by atoms with Crippen LogP contribution < -0.4 is 5.32 Å². The number of nitrogens with zero attached hydrogens (tertiary/aromatic N) is 3. The van der Waals surface area contributed by atoms with Gasteiger partial charge in [-0.25, -0.2) is 4.98 Å². The summed E-state index contributed by atoms with van der Waals surface area (Å²) in [5.41, 5.74) is 3.21. The maximum absolute atomic E-state index is 12.1. The number of hydrogen-bond acceptors (Lipinski definition) is 3. The van der Waals surface area contributed by atoms with Crippen molar-refractivity contribution < 1.29 is 4.79 Å². The molecule has 2 rings (SSSR count). The Morgan fingerprint density at radius 1 is 1.35 bits per heavy atom. The number of carbonyl (C=O) groups is 1. The topological polar surface area (TPSA) is 59.8 Å². The molecule has 0 atom stereocenters. The summed E-state index contributed by atoms with van der Waals surface area (Å²) >= 11 is 11.6. The molecule has 7 heteroatoms. The first-order chi connectivity index (χ1) is 9.40. The fourth-order valence-electron chi connectivity index (χ4n) is 1.92. The third kappa shape index (κ3) is 2.94. The lowest BCUT2D eigenvalue weighted by Gasteiger charge is -2.07. The van der Waals surface area contributed by atoms with Crippen molar-refractivity contribution in [3.63, 3.8) is 0 Å². The van der Waals surface area contributed by atoms with Gasteiger partial charge in [0.05, 0.1) is 11.3 Å². The number of aryl methyl sites for hydroxylation is 2. The van der Waals surface area contributed by atoms with Gasteiger partial charge in [-0.05, 0) is 26.0 Å². The molecule has 0 aliphatic rings. The maximum atomic E-state index is 12.1. The monoisotopic (exact) mass is 312 g/mol. The van der Waals surface area contributed by atoms with E-state index in [1.807, 2.05) is 20.9 Å². The lowest BCUT2D eigenvalue weighted by Crippen LogP contribution is -2.24. The first-order valence-electron chi connectivity index (χ1n) is 5.99. The van der Waals surface area contributed by atoms with Gasteiger partial charge in [-0.1, -0.05) is 23.2 Å². The third-order valence-corrected chi connectivity index (χ3v) is 3.64. The van der Waals surface area contributed by atoms with E-state index in [2.05, 4.69) is 15.4 Å². The van der Waals surface area contributed by atoms with E-state index in [4.69, 9.17) is 23.2 Å². The summed E-state index contributed by atoms with van der Waals surface area (Å²) in [7, 11) is 1.87. The van der Waals surface area contributed by atoms with Crippen LogP contribution in [0.25, 0.3) is 0 Å². The normalized spacial score (nSPS) is 10.7. The molecule has 0 bridgehead atoms. The Labute approximate surface area is 126 Å². The second-order valence-electron chi connectivity index (χ2n) is 4.43. The summed E-state index contributed by atoms with van der Waals surface area (Å²) in [5.74, 6) is -0.290. The molecule has 2 heterocycles. The van der Waals surface area contributed by atoms with Crippen molar-refractivity contribution in [1.29, 1.82) is 0 Å². The Balaban J connectivity index is 2.12. The van der Waals surface area contributed by atoms with Crippen LogP contribution in [0.2, 0.25) is 10.3 Å². The van der Waals surface area contributed by atoms with Crippen LogP contribution >= 0.6 is 23.2 Å². The average Bonchev–Trinajstić information content (AvgIpc) is 2.61. The zero-order valence-corrected chi connectivity index (χ0v) is 12.9. The zero-order valence-electron chi connectivity index (χ0n) is 11.4. The molecule has 0 saturated carbocycles. The van der Waals surface area contributed by atoms with Gasteiger partial charge in [0, 0.05) is 24.8 Å². The average molecular weight is 313 g/mol. The number of amides is 1. The van der Waals surface area contributed by atoms with Crippen molar-refractivity contribution >= 4 is 29.1 Å². The molecule has 2 aromatic rings. The molecule has 0 aromatic carbocycles. The molecule has 20 heavy (non-hydrogen) atoms. The van der Waals surface area contributed by atoms with Crippen molar-refractivity contribution in [3.8, 4) is 0 Å². The molecule has 2 aromatic heterocycles. The predicted octanol–water partition coefficient (Wildman–Crippen LogP) is 2.67. The van der Waals surface area contributed by atoms with Gasteiger partial charge in [0.25, 0.3) is 5.91 Å². The number of carbonyl (C=O) groups excluding carboxylic acids is 1. The summed E-state index contributed by atoms with van der Waals surface area (Å²) < 4.78 is 1.79. The standard InChI is InChI=1S/C13H14Cl2N4O/c1-7-10(8(2)19(3)18-7)6-16-13(20)9-4-5-11(14)17-12(9)15/h4-5H,6H2,1-3H3,(H,16,20). The molecule has 0 saturated heterocycles. The first kappa shape index (κ1) is 14.8. The molecule has 5 nitrogen and oxygen atoms in total. The fraction of sp³-hybridized carbons (Fsp3) is 0.308. The molecular formula is C13H14Cl2N4O. The van der Waals surface area contributed by atoms with Crippen LogP contribution in [0.3, 0.4) is 0 Å². The number of rotatable bonds is 3. The van der Waals surface area contributed by atoms with Crippen molar-refractivity contribution in [2.24, 2.45) is 7.05 Å². The predicted molar refractivity (Wildman–Crippen MR) is 78.1 cm³/mol. The summed E-state index contributed by atoms with van der Waals surface area (Å²) in [6.45, 7) is 4.26. The molecule has 0 radical (unpaired) electrons. The minimum Gasteiger partial charge on any atom is -0.348 e. The highest BCUT2D eigenvalue weighted by molar-refractivity contribution is 6.34. The fourth-order valence-corrected chi connectivity index (χ4v) is 2.35. The molecular weight excluding hydrogens is 299 g/mol. The Bertz CT molecular complexity index is 667. The van der Waals surface area contributed by atoms with Crippen LogP contribution in [-0.2, 0) is 13.6 Å².